The van der Waals surface area contributed by atoms with Crippen molar-refractivity contribution >= 4 is 23.0 Å². The zero-order valence-electron chi connectivity index (χ0n) is 15.4. The molecule has 1 heterocycles. The molecule has 1 aliphatic heterocycles. The number of benzene rings is 3. The van der Waals surface area contributed by atoms with Gasteiger partial charge in [-0.3, -0.25) is 9.59 Å². The molecule has 3 nitrogen and oxygen atoms in total. The number of rotatable bonds is 4. The minimum atomic E-state index is -0.443. The maximum absolute atomic E-state index is 13.9. The highest BCUT2D eigenvalue weighted by Crippen LogP contribution is 2.38. The Bertz CT molecular complexity index is 1090. The van der Waals surface area contributed by atoms with E-state index in [0.717, 1.165) is 11.1 Å². The van der Waals surface area contributed by atoms with E-state index in [0.29, 0.717) is 23.4 Å². The van der Waals surface area contributed by atoms with Gasteiger partial charge in [0.2, 0.25) is 0 Å². The van der Waals surface area contributed by atoms with Crippen molar-refractivity contribution in [1.82, 2.24) is 0 Å². The summed E-state index contributed by atoms with van der Waals surface area (Å²) in [6.07, 6.45) is 1.32. The lowest BCUT2D eigenvalue weighted by molar-refractivity contribution is -0.113. The van der Waals surface area contributed by atoms with Crippen LogP contribution in [0, 0.1) is 12.7 Å². The number of aryl methyl sites for hydroxylation is 1. The van der Waals surface area contributed by atoms with Gasteiger partial charge in [-0.15, -0.1) is 0 Å². The van der Waals surface area contributed by atoms with Gasteiger partial charge in [0.05, 0.1) is 17.8 Å². The Balaban J connectivity index is 1.73. The van der Waals surface area contributed by atoms with E-state index in [-0.39, 0.29) is 17.3 Å². The van der Waals surface area contributed by atoms with E-state index < -0.39 is 5.82 Å². The molecule has 0 radical (unpaired) electrons. The number of ketones is 1. The average Bonchev–Trinajstić information content (AvgIpc) is 2.94. The SMILES string of the molecule is Cc1ccc(C(=O)/C=C2/C(=O)N(Cc3ccccc3)c3ccc(F)cc32)cc1. The van der Waals surface area contributed by atoms with E-state index in [9.17, 15) is 14.0 Å². The van der Waals surface area contributed by atoms with Crippen molar-refractivity contribution in [2.24, 2.45) is 0 Å². The summed E-state index contributed by atoms with van der Waals surface area (Å²) < 4.78 is 13.9. The van der Waals surface area contributed by atoms with E-state index >= 15 is 0 Å². The van der Waals surface area contributed by atoms with Gasteiger partial charge in [0.15, 0.2) is 5.78 Å². The van der Waals surface area contributed by atoms with Gasteiger partial charge in [0.25, 0.3) is 5.91 Å². The van der Waals surface area contributed by atoms with E-state index in [4.69, 9.17) is 0 Å². The molecule has 3 aromatic carbocycles. The maximum Gasteiger partial charge on any atom is 0.259 e. The number of carbonyl (C=O) groups is 2. The first kappa shape index (κ1) is 17.9. The van der Waals surface area contributed by atoms with Crippen molar-refractivity contribution in [3.8, 4) is 0 Å². The fraction of sp³-hybridized carbons (Fsp3) is 0.0833. The van der Waals surface area contributed by atoms with Crippen molar-refractivity contribution in [3.63, 3.8) is 0 Å². The predicted octanol–water partition coefficient (Wildman–Crippen LogP) is 4.95. The standard InChI is InChI=1S/C24H18FNO2/c1-16-7-9-18(10-8-16)23(27)14-21-20-13-19(25)11-12-22(20)26(24(21)28)15-17-5-3-2-4-6-17/h2-14H,15H2,1H3/b21-14+. The van der Waals surface area contributed by atoms with E-state index in [1.165, 1.54) is 18.2 Å². The molecule has 0 unspecified atom stereocenters. The van der Waals surface area contributed by atoms with Crippen molar-refractivity contribution in [1.29, 1.82) is 0 Å². The molecule has 0 N–H and O–H groups in total. The molecule has 0 bridgehead atoms. The maximum atomic E-state index is 13.9. The van der Waals surface area contributed by atoms with Crippen molar-refractivity contribution in [2.75, 3.05) is 4.90 Å². The normalized spacial score (nSPS) is 14.4. The summed E-state index contributed by atoms with van der Waals surface area (Å²) in [4.78, 5) is 27.3. The first-order chi connectivity index (χ1) is 13.5. The molecule has 28 heavy (non-hydrogen) atoms. The highest BCUT2D eigenvalue weighted by molar-refractivity contribution is 6.35. The number of halogens is 1. The van der Waals surface area contributed by atoms with Gasteiger partial charge in [-0.2, -0.15) is 0 Å². The first-order valence-electron chi connectivity index (χ1n) is 9.01. The molecular formula is C24H18FNO2. The van der Waals surface area contributed by atoms with Gasteiger partial charge in [-0.05, 0) is 36.8 Å². The van der Waals surface area contributed by atoms with Gasteiger partial charge < -0.3 is 4.90 Å². The van der Waals surface area contributed by atoms with Gasteiger partial charge in [-0.25, -0.2) is 4.39 Å². The number of anilines is 1. The molecule has 0 saturated heterocycles. The molecule has 0 saturated carbocycles. The van der Waals surface area contributed by atoms with Crippen LogP contribution in [-0.2, 0) is 11.3 Å². The topological polar surface area (TPSA) is 37.4 Å². The smallest absolute Gasteiger partial charge is 0.259 e. The highest BCUT2D eigenvalue weighted by atomic mass is 19.1. The van der Waals surface area contributed by atoms with Crippen LogP contribution in [0.4, 0.5) is 10.1 Å². The number of nitrogens with zero attached hydrogens (tertiary/aromatic N) is 1. The number of amides is 1. The predicted molar refractivity (Wildman–Crippen MR) is 108 cm³/mol. The number of hydrogen-bond acceptors (Lipinski definition) is 2. The van der Waals surface area contributed by atoms with Crippen LogP contribution in [-0.4, -0.2) is 11.7 Å². The van der Waals surface area contributed by atoms with Crippen molar-refractivity contribution in [2.45, 2.75) is 13.5 Å². The summed E-state index contributed by atoms with van der Waals surface area (Å²) in [6, 6.07) is 20.9. The summed E-state index contributed by atoms with van der Waals surface area (Å²) >= 11 is 0. The van der Waals surface area contributed by atoms with Crippen molar-refractivity contribution in [3.05, 3.63) is 107 Å². The molecular weight excluding hydrogens is 353 g/mol. The first-order valence-corrected chi connectivity index (χ1v) is 9.01. The highest BCUT2D eigenvalue weighted by Gasteiger charge is 2.33. The zero-order chi connectivity index (χ0) is 19.7. The van der Waals surface area contributed by atoms with E-state index in [1.54, 1.807) is 23.1 Å². The second kappa shape index (κ2) is 7.24. The van der Waals surface area contributed by atoms with Crippen LogP contribution >= 0.6 is 0 Å². The lowest BCUT2D eigenvalue weighted by Gasteiger charge is -2.17. The molecule has 0 spiro atoms. The molecule has 1 aliphatic rings. The van der Waals surface area contributed by atoms with Crippen LogP contribution in [0.2, 0.25) is 0 Å². The third-order valence-electron chi connectivity index (χ3n) is 4.81. The monoisotopic (exact) mass is 371 g/mol. The largest absolute Gasteiger partial charge is 0.303 e. The van der Waals surface area contributed by atoms with E-state index in [1.807, 2.05) is 49.4 Å². The molecule has 4 heteroatoms. The van der Waals surface area contributed by atoms with Crippen LogP contribution < -0.4 is 4.90 Å². The summed E-state index contributed by atoms with van der Waals surface area (Å²) in [5.41, 5.74) is 3.76. The Hall–Kier alpha value is -3.53. The Morgan fingerprint density at radius 2 is 1.71 bits per heavy atom. The third-order valence-corrected chi connectivity index (χ3v) is 4.81. The molecule has 1 amide bonds. The van der Waals surface area contributed by atoms with Crippen LogP contribution in [0.15, 0.2) is 78.9 Å². The van der Waals surface area contributed by atoms with Gasteiger partial charge in [-0.1, -0.05) is 60.2 Å². The van der Waals surface area contributed by atoms with Crippen LogP contribution in [0.5, 0.6) is 0 Å². The van der Waals surface area contributed by atoms with E-state index in [2.05, 4.69) is 0 Å². The van der Waals surface area contributed by atoms with Gasteiger partial charge in [0.1, 0.15) is 5.82 Å². The van der Waals surface area contributed by atoms with Crippen LogP contribution in [0.1, 0.15) is 27.0 Å². The average molecular weight is 371 g/mol. The number of allylic oxidation sites excluding steroid dienone is 1. The summed E-state index contributed by atoms with van der Waals surface area (Å²) in [5.74, 6) is -1.02. The summed E-state index contributed by atoms with van der Waals surface area (Å²) in [7, 11) is 0. The van der Waals surface area contributed by atoms with Gasteiger partial charge >= 0.3 is 0 Å². The number of fused-ring (bicyclic) bond motifs is 1. The molecule has 138 valence electrons. The molecule has 0 aliphatic carbocycles. The minimum absolute atomic E-state index is 0.219. The quantitative estimate of drug-likeness (QED) is 0.481. The van der Waals surface area contributed by atoms with Crippen LogP contribution in [0.25, 0.3) is 5.57 Å². The molecule has 0 atom stereocenters. The Labute approximate surface area is 162 Å². The second-order valence-electron chi connectivity index (χ2n) is 6.83. The molecule has 0 aromatic heterocycles. The zero-order valence-corrected chi connectivity index (χ0v) is 15.4. The Morgan fingerprint density at radius 3 is 2.43 bits per heavy atom. The second-order valence-corrected chi connectivity index (χ2v) is 6.83. The molecule has 0 fully saturated rings. The Kier molecular flexibility index (Phi) is 4.62. The number of carbonyl (C=O) groups excluding carboxylic acids is 2. The third kappa shape index (κ3) is 3.37. The summed E-state index contributed by atoms with van der Waals surface area (Å²) in [6.45, 7) is 2.29. The number of hydrogen-bond donors (Lipinski definition) is 0. The van der Waals surface area contributed by atoms with Crippen LogP contribution in [0.3, 0.4) is 0 Å². The molecule has 4 rings (SSSR count). The summed E-state index contributed by atoms with van der Waals surface area (Å²) in [5, 5.41) is 0. The van der Waals surface area contributed by atoms with Gasteiger partial charge in [0, 0.05) is 11.1 Å². The fourth-order valence-electron chi connectivity index (χ4n) is 3.32. The minimum Gasteiger partial charge on any atom is -0.303 e. The fourth-order valence-corrected chi connectivity index (χ4v) is 3.32. The lowest BCUT2D eigenvalue weighted by Crippen LogP contribution is -2.25. The lowest BCUT2D eigenvalue weighted by atomic mass is 10.0. The Morgan fingerprint density at radius 1 is 1.00 bits per heavy atom. The van der Waals surface area contributed by atoms with Crippen molar-refractivity contribution < 1.29 is 14.0 Å². The molecule has 3 aromatic rings.